The minimum absolute atomic E-state index is 0.0478. The molecule has 20 heavy (non-hydrogen) atoms. The van der Waals surface area contributed by atoms with Crippen LogP contribution >= 0.6 is 0 Å². The molecule has 0 aromatic carbocycles. The Bertz CT molecular complexity index is 599. The van der Waals surface area contributed by atoms with Crippen LogP contribution in [-0.4, -0.2) is 49.7 Å². The van der Waals surface area contributed by atoms with Gasteiger partial charge in [0.1, 0.15) is 4.90 Å². The zero-order valence-electron chi connectivity index (χ0n) is 12.5. The molecule has 0 saturated carbocycles. The summed E-state index contributed by atoms with van der Waals surface area (Å²) in [6.07, 6.45) is 6.07. The molecule has 7 heteroatoms. The van der Waals surface area contributed by atoms with Crippen LogP contribution in [0.1, 0.15) is 17.8 Å². The third kappa shape index (κ3) is 3.39. The molecule has 0 amide bonds. The molecule has 0 aliphatic heterocycles. The maximum Gasteiger partial charge on any atom is 0.247 e. The van der Waals surface area contributed by atoms with Crippen molar-refractivity contribution < 1.29 is 8.42 Å². The first kappa shape index (κ1) is 16.7. The fourth-order valence-corrected chi connectivity index (χ4v) is 3.50. The Kier molecular flexibility index (Phi) is 5.74. The predicted octanol–water partition coefficient (Wildman–Crippen LogP) is 0.363. The normalized spacial score (nSPS) is 11.8. The number of nitrogens with one attached hydrogen (secondary N) is 1. The minimum atomic E-state index is -3.58. The van der Waals surface area contributed by atoms with Crippen molar-refractivity contribution in [2.75, 3.05) is 27.2 Å². The van der Waals surface area contributed by atoms with E-state index in [4.69, 9.17) is 6.42 Å². The van der Waals surface area contributed by atoms with E-state index in [9.17, 15) is 8.42 Å². The molecule has 1 rings (SSSR count). The molecule has 6 nitrogen and oxygen atoms in total. The summed E-state index contributed by atoms with van der Waals surface area (Å²) in [7, 11) is -0.221. The molecule has 0 bridgehead atoms. The van der Waals surface area contributed by atoms with Crippen molar-refractivity contribution in [2.45, 2.75) is 31.7 Å². The number of terminal acetylenes is 1. The lowest BCUT2D eigenvalue weighted by Gasteiger charge is -2.14. The van der Waals surface area contributed by atoms with E-state index in [0.29, 0.717) is 17.9 Å². The van der Waals surface area contributed by atoms with Crippen LogP contribution < -0.4 is 5.32 Å². The Labute approximate surface area is 121 Å². The fraction of sp³-hybridized carbons (Fsp3) is 0.615. The van der Waals surface area contributed by atoms with Crippen molar-refractivity contribution >= 4 is 10.0 Å². The van der Waals surface area contributed by atoms with Gasteiger partial charge in [-0.1, -0.05) is 5.92 Å². The molecule has 0 aliphatic carbocycles. The van der Waals surface area contributed by atoms with Gasteiger partial charge in [-0.15, -0.1) is 6.42 Å². The molecule has 1 heterocycles. The summed E-state index contributed by atoms with van der Waals surface area (Å²) in [5.41, 5.74) is 1.17. The molecule has 1 aromatic heterocycles. The average molecular weight is 298 g/mol. The van der Waals surface area contributed by atoms with E-state index in [-0.39, 0.29) is 11.4 Å². The molecule has 0 unspecified atom stereocenters. The Balaban J connectivity index is 3.11. The molecule has 112 valence electrons. The van der Waals surface area contributed by atoms with Crippen LogP contribution in [0.5, 0.6) is 0 Å². The van der Waals surface area contributed by atoms with Crippen molar-refractivity contribution in [1.82, 2.24) is 19.4 Å². The summed E-state index contributed by atoms with van der Waals surface area (Å²) in [5.74, 6) is 2.34. The molecule has 0 aliphatic rings. The molecular formula is C13H22N4O2S. The number of hydrogen-bond acceptors (Lipinski definition) is 4. The lowest BCUT2D eigenvalue weighted by atomic mass is 10.4. The molecule has 0 radical (unpaired) electrons. The standard InChI is InChI=1S/C13H22N4O2S/c1-6-9-16(5)20(18,19)13-11(2)15-17(12(13)3)10-7-8-14-4/h1,14H,7-10H2,2-5H3. The van der Waals surface area contributed by atoms with Crippen molar-refractivity contribution in [3.8, 4) is 12.3 Å². The van der Waals surface area contributed by atoms with Gasteiger partial charge in [0.25, 0.3) is 0 Å². The molecule has 1 aromatic rings. The van der Waals surface area contributed by atoms with E-state index in [1.54, 1.807) is 18.5 Å². The Hall–Kier alpha value is -1.36. The molecule has 0 fully saturated rings. The van der Waals surface area contributed by atoms with Gasteiger partial charge in [-0.3, -0.25) is 4.68 Å². The summed E-state index contributed by atoms with van der Waals surface area (Å²) in [4.78, 5) is 0.264. The molecule has 0 atom stereocenters. The van der Waals surface area contributed by atoms with Gasteiger partial charge in [0, 0.05) is 13.6 Å². The maximum absolute atomic E-state index is 12.5. The van der Waals surface area contributed by atoms with Gasteiger partial charge in [0.15, 0.2) is 0 Å². The topological polar surface area (TPSA) is 67.2 Å². The highest BCUT2D eigenvalue weighted by Gasteiger charge is 2.28. The van der Waals surface area contributed by atoms with Crippen molar-refractivity contribution in [3.05, 3.63) is 11.4 Å². The highest BCUT2D eigenvalue weighted by atomic mass is 32.2. The Morgan fingerprint density at radius 2 is 2.10 bits per heavy atom. The second-order valence-corrected chi connectivity index (χ2v) is 6.63. The Morgan fingerprint density at radius 3 is 2.65 bits per heavy atom. The first-order chi connectivity index (χ1) is 9.36. The van der Waals surface area contributed by atoms with E-state index in [0.717, 1.165) is 13.0 Å². The van der Waals surface area contributed by atoms with E-state index in [2.05, 4.69) is 16.3 Å². The lowest BCUT2D eigenvalue weighted by molar-refractivity contribution is 0.500. The third-order valence-corrected chi connectivity index (χ3v) is 5.15. The molecular weight excluding hydrogens is 276 g/mol. The van der Waals surface area contributed by atoms with Crippen LogP contribution in [0.3, 0.4) is 0 Å². The quantitative estimate of drug-likeness (QED) is 0.583. The second kappa shape index (κ2) is 6.88. The molecule has 1 N–H and O–H groups in total. The number of nitrogens with zero attached hydrogens (tertiary/aromatic N) is 3. The van der Waals surface area contributed by atoms with Gasteiger partial charge >= 0.3 is 0 Å². The smallest absolute Gasteiger partial charge is 0.247 e. The van der Waals surface area contributed by atoms with Gasteiger partial charge in [-0.05, 0) is 33.9 Å². The number of rotatable bonds is 7. The van der Waals surface area contributed by atoms with Crippen molar-refractivity contribution in [2.24, 2.45) is 0 Å². The zero-order valence-corrected chi connectivity index (χ0v) is 13.3. The number of sulfonamides is 1. The Morgan fingerprint density at radius 1 is 1.45 bits per heavy atom. The van der Waals surface area contributed by atoms with Crippen LogP contribution in [0, 0.1) is 26.2 Å². The van der Waals surface area contributed by atoms with Gasteiger partial charge in [0.05, 0.1) is 17.9 Å². The summed E-state index contributed by atoms with van der Waals surface area (Å²) in [6, 6.07) is 0. The van der Waals surface area contributed by atoms with Crippen LogP contribution in [0.15, 0.2) is 4.90 Å². The summed E-state index contributed by atoms with van der Waals surface area (Å²) < 4.78 is 27.9. The largest absolute Gasteiger partial charge is 0.320 e. The van der Waals surface area contributed by atoms with E-state index >= 15 is 0 Å². The summed E-state index contributed by atoms with van der Waals surface area (Å²) in [6.45, 7) is 5.07. The van der Waals surface area contributed by atoms with E-state index in [1.165, 1.54) is 11.4 Å². The van der Waals surface area contributed by atoms with Gasteiger partial charge in [-0.2, -0.15) is 9.40 Å². The minimum Gasteiger partial charge on any atom is -0.320 e. The lowest BCUT2D eigenvalue weighted by Crippen LogP contribution is -2.28. The first-order valence-electron chi connectivity index (χ1n) is 6.44. The number of aromatic nitrogens is 2. The summed E-state index contributed by atoms with van der Waals surface area (Å²) in [5, 5.41) is 7.38. The second-order valence-electron chi connectivity index (χ2n) is 4.65. The molecule has 0 spiro atoms. The predicted molar refractivity (Wildman–Crippen MR) is 78.9 cm³/mol. The maximum atomic E-state index is 12.5. The van der Waals surface area contributed by atoms with Crippen LogP contribution in [0.4, 0.5) is 0 Å². The molecule has 0 saturated heterocycles. The highest BCUT2D eigenvalue weighted by molar-refractivity contribution is 7.89. The van der Waals surface area contributed by atoms with Crippen LogP contribution in [-0.2, 0) is 16.6 Å². The van der Waals surface area contributed by atoms with Crippen molar-refractivity contribution in [3.63, 3.8) is 0 Å². The van der Waals surface area contributed by atoms with Gasteiger partial charge < -0.3 is 5.32 Å². The van der Waals surface area contributed by atoms with E-state index < -0.39 is 10.0 Å². The third-order valence-electron chi connectivity index (χ3n) is 3.09. The highest BCUT2D eigenvalue weighted by Crippen LogP contribution is 2.22. The van der Waals surface area contributed by atoms with Crippen molar-refractivity contribution in [1.29, 1.82) is 0 Å². The summed E-state index contributed by atoms with van der Waals surface area (Å²) >= 11 is 0. The fourth-order valence-electron chi connectivity index (χ4n) is 2.05. The van der Waals surface area contributed by atoms with Crippen LogP contribution in [0.2, 0.25) is 0 Å². The van der Waals surface area contributed by atoms with E-state index in [1.807, 2.05) is 7.05 Å². The monoisotopic (exact) mass is 298 g/mol. The SMILES string of the molecule is C#CCN(C)S(=O)(=O)c1c(C)nn(CCCNC)c1C. The van der Waals surface area contributed by atoms with Gasteiger partial charge in [0.2, 0.25) is 10.0 Å². The van der Waals surface area contributed by atoms with Crippen LogP contribution in [0.25, 0.3) is 0 Å². The first-order valence-corrected chi connectivity index (χ1v) is 7.88. The average Bonchev–Trinajstić information content (AvgIpc) is 2.65. The number of hydrogen-bond donors (Lipinski definition) is 1. The number of aryl methyl sites for hydroxylation is 2. The zero-order chi connectivity index (χ0) is 15.3. The van der Waals surface area contributed by atoms with Gasteiger partial charge in [-0.25, -0.2) is 8.42 Å².